The van der Waals surface area contributed by atoms with E-state index in [4.69, 9.17) is 5.11 Å². The first-order valence-electron chi connectivity index (χ1n) is 6.78. The van der Waals surface area contributed by atoms with E-state index in [-0.39, 0.29) is 17.0 Å². The second-order valence-electron chi connectivity index (χ2n) is 5.01. The van der Waals surface area contributed by atoms with Gasteiger partial charge in [-0.3, -0.25) is 0 Å². The molecule has 0 aliphatic carbocycles. The summed E-state index contributed by atoms with van der Waals surface area (Å²) in [6.45, 7) is 1.73. The van der Waals surface area contributed by atoms with Crippen LogP contribution in [0.1, 0.15) is 28.9 Å². The molecule has 0 spiro atoms. The highest BCUT2D eigenvalue weighted by atomic mass is 19.1. The van der Waals surface area contributed by atoms with Gasteiger partial charge in [-0.15, -0.1) is 0 Å². The maximum Gasteiger partial charge on any atom is 0.341 e. The van der Waals surface area contributed by atoms with Gasteiger partial charge in [-0.25, -0.2) is 18.7 Å². The molecule has 0 bridgehead atoms. The predicted octanol–water partition coefficient (Wildman–Crippen LogP) is 2.45. The lowest BCUT2D eigenvalue weighted by Gasteiger charge is -2.16. The quantitative estimate of drug-likeness (QED) is 0.683. The minimum Gasteiger partial charge on any atom is -0.508 e. The van der Waals surface area contributed by atoms with Crippen molar-refractivity contribution in [2.75, 3.05) is 5.32 Å². The average Bonchev–Trinajstić information content (AvgIpc) is 2.93. The van der Waals surface area contributed by atoms with Crippen LogP contribution >= 0.6 is 0 Å². The van der Waals surface area contributed by atoms with Crippen LogP contribution in [-0.4, -0.2) is 30.8 Å². The summed E-state index contributed by atoms with van der Waals surface area (Å²) in [6.07, 6.45) is 2.78. The molecule has 0 fully saturated rings. The van der Waals surface area contributed by atoms with Crippen molar-refractivity contribution in [3.63, 3.8) is 0 Å². The third kappa shape index (κ3) is 2.78. The number of aromatic nitrogens is 3. The molecule has 8 heteroatoms. The number of fused-ring (bicyclic) bond motifs is 1. The molecular formula is C15H13FN4O3. The molecule has 0 radical (unpaired) electrons. The maximum absolute atomic E-state index is 13.3. The Kier molecular flexibility index (Phi) is 3.57. The number of phenolic OH excluding ortho intramolecular Hbond substituents is 1. The highest BCUT2D eigenvalue weighted by Crippen LogP contribution is 2.27. The van der Waals surface area contributed by atoms with Gasteiger partial charge in [-0.05, 0) is 31.2 Å². The van der Waals surface area contributed by atoms with Crippen molar-refractivity contribution in [1.82, 2.24) is 14.6 Å². The number of rotatable bonds is 4. The topological polar surface area (TPSA) is 99.8 Å². The SMILES string of the molecule is C[C@@H](Nc1ccn2ncc(C(=O)O)c2n1)c1cc(F)ccc1O. The van der Waals surface area contributed by atoms with E-state index in [0.717, 1.165) is 0 Å². The first-order chi connectivity index (χ1) is 11.0. The lowest BCUT2D eigenvalue weighted by Crippen LogP contribution is -2.09. The highest BCUT2D eigenvalue weighted by Gasteiger charge is 2.15. The summed E-state index contributed by atoms with van der Waals surface area (Å²) < 4.78 is 14.7. The number of halogens is 1. The van der Waals surface area contributed by atoms with E-state index in [2.05, 4.69) is 15.4 Å². The monoisotopic (exact) mass is 316 g/mol. The number of carboxylic acid groups (broad SMARTS) is 1. The molecule has 0 aliphatic rings. The largest absolute Gasteiger partial charge is 0.508 e. The van der Waals surface area contributed by atoms with E-state index >= 15 is 0 Å². The molecule has 0 unspecified atom stereocenters. The second kappa shape index (κ2) is 5.56. The van der Waals surface area contributed by atoms with E-state index in [9.17, 15) is 14.3 Å². The van der Waals surface area contributed by atoms with Gasteiger partial charge in [-0.1, -0.05) is 0 Å². The minimum absolute atomic E-state index is 0.0186. The number of nitrogens with zero attached hydrogens (tertiary/aromatic N) is 3. The smallest absolute Gasteiger partial charge is 0.341 e. The van der Waals surface area contributed by atoms with Gasteiger partial charge in [0, 0.05) is 11.8 Å². The molecule has 3 N–H and O–H groups in total. The molecule has 0 aliphatic heterocycles. The van der Waals surface area contributed by atoms with Crippen LogP contribution in [0.5, 0.6) is 5.75 Å². The lowest BCUT2D eigenvalue weighted by molar-refractivity contribution is 0.0698. The molecule has 1 atom stereocenters. The number of nitrogens with one attached hydrogen (secondary N) is 1. The Morgan fingerprint density at radius 3 is 2.91 bits per heavy atom. The second-order valence-corrected chi connectivity index (χ2v) is 5.01. The van der Waals surface area contributed by atoms with E-state index in [0.29, 0.717) is 11.4 Å². The van der Waals surface area contributed by atoms with Crippen LogP contribution in [0.4, 0.5) is 10.2 Å². The van der Waals surface area contributed by atoms with Crippen LogP contribution in [0.25, 0.3) is 5.65 Å². The molecule has 1 aromatic carbocycles. The summed E-state index contributed by atoms with van der Waals surface area (Å²) in [7, 11) is 0. The van der Waals surface area contributed by atoms with E-state index in [1.165, 1.54) is 28.9 Å². The Bertz CT molecular complexity index is 894. The first-order valence-corrected chi connectivity index (χ1v) is 6.78. The molecule has 23 heavy (non-hydrogen) atoms. The number of hydrogen-bond acceptors (Lipinski definition) is 5. The number of aromatic carboxylic acids is 1. The summed E-state index contributed by atoms with van der Waals surface area (Å²) in [5, 5.41) is 25.8. The van der Waals surface area contributed by atoms with Crippen LogP contribution in [0.15, 0.2) is 36.7 Å². The zero-order valence-electron chi connectivity index (χ0n) is 12.1. The van der Waals surface area contributed by atoms with Crippen molar-refractivity contribution in [2.45, 2.75) is 13.0 Å². The van der Waals surface area contributed by atoms with Crippen LogP contribution < -0.4 is 5.32 Å². The van der Waals surface area contributed by atoms with Crippen molar-refractivity contribution in [3.8, 4) is 5.75 Å². The minimum atomic E-state index is -1.12. The molecule has 3 rings (SSSR count). The summed E-state index contributed by atoms with van der Waals surface area (Å²) in [5.74, 6) is -1.24. The number of anilines is 1. The summed E-state index contributed by atoms with van der Waals surface area (Å²) in [5.41, 5.74) is 0.548. The highest BCUT2D eigenvalue weighted by molar-refractivity contribution is 5.94. The van der Waals surface area contributed by atoms with Gasteiger partial charge < -0.3 is 15.5 Å². The predicted molar refractivity (Wildman–Crippen MR) is 80.0 cm³/mol. The van der Waals surface area contributed by atoms with Gasteiger partial charge >= 0.3 is 5.97 Å². The summed E-state index contributed by atoms with van der Waals surface area (Å²) >= 11 is 0. The number of benzene rings is 1. The molecule has 0 saturated heterocycles. The third-order valence-corrected chi connectivity index (χ3v) is 3.42. The van der Waals surface area contributed by atoms with Gasteiger partial charge in [0.2, 0.25) is 0 Å². The van der Waals surface area contributed by atoms with Crippen molar-refractivity contribution in [1.29, 1.82) is 0 Å². The Balaban J connectivity index is 1.93. The molecule has 3 aromatic rings. The zero-order valence-corrected chi connectivity index (χ0v) is 12.1. The van der Waals surface area contributed by atoms with Crippen molar-refractivity contribution < 1.29 is 19.4 Å². The van der Waals surface area contributed by atoms with E-state index in [1.807, 2.05) is 0 Å². The maximum atomic E-state index is 13.3. The number of hydrogen-bond donors (Lipinski definition) is 3. The van der Waals surface area contributed by atoms with Gasteiger partial charge in [0.1, 0.15) is 22.9 Å². The van der Waals surface area contributed by atoms with Crippen LogP contribution in [-0.2, 0) is 0 Å². The van der Waals surface area contributed by atoms with Crippen molar-refractivity contribution >= 4 is 17.4 Å². The van der Waals surface area contributed by atoms with Crippen LogP contribution in [0.2, 0.25) is 0 Å². The summed E-state index contributed by atoms with van der Waals surface area (Å²) in [4.78, 5) is 15.3. The molecule has 0 amide bonds. The van der Waals surface area contributed by atoms with Crippen molar-refractivity contribution in [2.24, 2.45) is 0 Å². The molecular weight excluding hydrogens is 303 g/mol. The Labute approximate surface area is 130 Å². The van der Waals surface area contributed by atoms with E-state index < -0.39 is 17.8 Å². The fourth-order valence-corrected chi connectivity index (χ4v) is 2.27. The lowest BCUT2D eigenvalue weighted by atomic mass is 10.1. The van der Waals surface area contributed by atoms with Crippen LogP contribution in [0.3, 0.4) is 0 Å². The average molecular weight is 316 g/mol. The Hall–Kier alpha value is -3.16. The van der Waals surface area contributed by atoms with Gasteiger partial charge in [-0.2, -0.15) is 5.10 Å². The molecule has 2 heterocycles. The Morgan fingerprint density at radius 1 is 1.39 bits per heavy atom. The molecule has 0 saturated carbocycles. The number of aromatic hydroxyl groups is 1. The fraction of sp³-hybridized carbons (Fsp3) is 0.133. The number of carboxylic acids is 1. The van der Waals surface area contributed by atoms with Crippen LogP contribution in [0, 0.1) is 5.82 Å². The molecule has 2 aromatic heterocycles. The van der Waals surface area contributed by atoms with E-state index in [1.54, 1.807) is 19.2 Å². The number of carbonyl (C=O) groups is 1. The fourth-order valence-electron chi connectivity index (χ4n) is 2.27. The van der Waals surface area contributed by atoms with Gasteiger partial charge in [0.15, 0.2) is 5.65 Å². The normalized spacial score (nSPS) is 12.3. The molecule has 7 nitrogen and oxygen atoms in total. The Morgan fingerprint density at radius 2 is 2.17 bits per heavy atom. The first kappa shape index (κ1) is 14.8. The zero-order chi connectivity index (χ0) is 16.6. The summed E-state index contributed by atoms with van der Waals surface area (Å²) in [6, 6.07) is 4.85. The van der Waals surface area contributed by atoms with Gasteiger partial charge in [0.05, 0.1) is 12.2 Å². The standard InChI is InChI=1S/C15H13FN4O3/c1-8(10-6-9(16)2-3-12(10)21)18-13-4-5-20-14(19-13)11(7-17-20)15(22)23/h2-8,21H,1H3,(H,18,19)(H,22,23)/t8-/m1/s1. The molecule has 118 valence electrons. The van der Waals surface area contributed by atoms with Crippen molar-refractivity contribution in [3.05, 3.63) is 53.6 Å². The third-order valence-electron chi connectivity index (χ3n) is 3.42. The number of phenols is 1. The van der Waals surface area contributed by atoms with Gasteiger partial charge in [0.25, 0.3) is 0 Å².